The second-order valence-corrected chi connectivity index (χ2v) is 0. The Morgan fingerprint density at radius 1 is 1.20 bits per heavy atom. The second kappa shape index (κ2) is 27.8. The van der Waals surface area contributed by atoms with Gasteiger partial charge in [0.1, 0.15) is 0 Å². The van der Waals surface area contributed by atoms with Crippen LogP contribution in [-0.2, 0) is 38.0 Å². The Bertz CT molecular complexity index is 17.7. The summed E-state index contributed by atoms with van der Waals surface area (Å²) in [6.45, 7) is 0. The molecule has 0 heterocycles. The van der Waals surface area contributed by atoms with E-state index in [0.717, 1.165) is 0 Å². The van der Waals surface area contributed by atoms with Crippen molar-refractivity contribution in [1.29, 1.82) is 0 Å². The van der Waals surface area contributed by atoms with E-state index in [4.69, 9.17) is 0 Å². The summed E-state index contributed by atoms with van der Waals surface area (Å²) in [5.41, 5.74) is 0. The van der Waals surface area contributed by atoms with Crippen molar-refractivity contribution in [2.45, 2.75) is 0 Å². The van der Waals surface area contributed by atoms with Gasteiger partial charge >= 0.3 is 57.7 Å². The van der Waals surface area contributed by atoms with E-state index in [1.165, 1.54) is 0 Å². The normalized spacial score (nSPS) is 0. The van der Waals surface area contributed by atoms with Crippen LogP contribution in [0.4, 0.5) is 0 Å². The SMILES string of the molecule is [GeH4].[H-].[H-].[Mg+2].[SeH2].[V].[Zn]. The molecule has 0 aromatic carbocycles. The summed E-state index contributed by atoms with van der Waals surface area (Å²) in [4.78, 5) is 0. The summed E-state index contributed by atoms with van der Waals surface area (Å²) < 4.78 is 0. The molecule has 0 saturated heterocycles. The molecule has 1 radical (unpaired) electrons. The third kappa shape index (κ3) is 19.4. The van der Waals surface area contributed by atoms with Gasteiger partial charge in [0.05, 0.1) is 0 Å². The molecule has 0 aromatic heterocycles. The Morgan fingerprint density at radius 2 is 1.20 bits per heavy atom. The first-order valence-electron chi connectivity index (χ1n) is 0. The summed E-state index contributed by atoms with van der Waals surface area (Å²) in [5, 5.41) is 0. The summed E-state index contributed by atoms with van der Waals surface area (Å²) in [7, 11) is 0. The molecule has 0 fully saturated rings. The Morgan fingerprint density at radius 3 is 1.20 bits per heavy atom. The Labute approximate surface area is 97.2 Å². The third-order valence-corrected chi connectivity index (χ3v) is 0. The monoisotopic (exact) mass is 301 g/mol. The van der Waals surface area contributed by atoms with Crippen molar-refractivity contribution in [3.05, 3.63) is 0 Å². The fraction of sp³-hybridized carbons (Fsp3) is 0. The average Bonchev–Trinajstić information content (AvgIpc) is 0. The van der Waals surface area contributed by atoms with E-state index in [1.807, 2.05) is 0 Å². The van der Waals surface area contributed by atoms with E-state index in [9.17, 15) is 0 Å². The summed E-state index contributed by atoms with van der Waals surface area (Å²) in [6, 6.07) is 0. The van der Waals surface area contributed by atoms with Crippen molar-refractivity contribution in [3.8, 4) is 0 Å². The van der Waals surface area contributed by atoms with E-state index in [2.05, 4.69) is 0 Å². The first-order valence-corrected chi connectivity index (χ1v) is 0. The molecule has 0 bridgehead atoms. The fourth-order valence-corrected chi connectivity index (χ4v) is 0. The molecule has 0 aliphatic heterocycles. The number of hydrogen-bond donors (Lipinski definition) is 0. The van der Waals surface area contributed by atoms with E-state index in [1.54, 1.807) is 0 Å². The van der Waals surface area contributed by atoms with Gasteiger partial charge in [-0.05, 0) is 0 Å². The van der Waals surface area contributed by atoms with Gasteiger partial charge in [0, 0.05) is 38.0 Å². The van der Waals surface area contributed by atoms with Crippen LogP contribution in [0.5, 0.6) is 0 Å². The van der Waals surface area contributed by atoms with Crippen LogP contribution < -0.4 is 0 Å². The van der Waals surface area contributed by atoms with E-state index < -0.39 is 0 Å². The number of hydrogen-bond acceptors (Lipinski definition) is 0. The van der Waals surface area contributed by atoms with Crippen molar-refractivity contribution in [2.75, 3.05) is 0 Å². The molecular weight excluding hydrogens is 292 g/mol. The molecule has 0 N–H and O–H groups in total. The Kier molecular flexibility index (Phi) is 240. The van der Waals surface area contributed by atoms with Gasteiger partial charge in [-0.3, -0.25) is 0 Å². The van der Waals surface area contributed by atoms with Crippen LogP contribution in [0.25, 0.3) is 0 Å². The zero-order valence-electron chi connectivity index (χ0n) is 4.36. The summed E-state index contributed by atoms with van der Waals surface area (Å²) in [6.07, 6.45) is 0. The zero-order chi connectivity index (χ0) is 0. The average molecular weight is 300 g/mol. The molecule has 0 aliphatic carbocycles. The van der Waals surface area contributed by atoms with Crippen LogP contribution in [0.2, 0.25) is 0 Å². The zero-order valence-corrected chi connectivity index (χ0v) is 10.2. The molecular formula is H8GeMgSeVZn. The van der Waals surface area contributed by atoms with Crippen molar-refractivity contribution < 1.29 is 40.9 Å². The quantitative estimate of drug-likeness (QED) is 0.433. The van der Waals surface area contributed by atoms with Crippen molar-refractivity contribution in [2.24, 2.45) is 0 Å². The number of rotatable bonds is 0. The second-order valence-electron chi connectivity index (χ2n) is 0. The van der Waals surface area contributed by atoms with Crippen LogP contribution in [0.15, 0.2) is 0 Å². The molecule has 0 saturated carbocycles. The maximum absolute atomic E-state index is 0. The van der Waals surface area contributed by atoms with Gasteiger partial charge < -0.3 is 2.85 Å². The topological polar surface area (TPSA) is 0 Å². The van der Waals surface area contributed by atoms with Gasteiger partial charge in [-0.2, -0.15) is 0 Å². The molecule has 0 rings (SSSR count). The van der Waals surface area contributed by atoms with Crippen LogP contribution in [0, 0.1) is 0 Å². The Hall–Kier alpha value is 3.04. The van der Waals surface area contributed by atoms with E-state index in [0.29, 0.717) is 0 Å². The van der Waals surface area contributed by atoms with Gasteiger partial charge in [-0.15, -0.1) is 0 Å². The predicted octanol–water partition coefficient (Wildman–Crippen LogP) is -2.53. The largest absolute Gasteiger partial charge is 0 e. The van der Waals surface area contributed by atoms with Gasteiger partial charge in [-0.25, -0.2) is 0 Å². The fourth-order valence-electron chi connectivity index (χ4n) is 0. The predicted molar refractivity (Wildman–Crippen MR) is 27.9 cm³/mol. The first-order chi connectivity index (χ1) is 0. The molecule has 0 atom stereocenters. The maximum atomic E-state index is 0. The smallest absolute Gasteiger partial charge is 0 e. The van der Waals surface area contributed by atoms with Gasteiger partial charge in [-0.1, -0.05) is 0 Å². The maximum Gasteiger partial charge on any atom is 0 e. The molecule has 0 aromatic rings. The Balaban J connectivity index is 0. The minimum Gasteiger partial charge on any atom is 0 e. The van der Waals surface area contributed by atoms with Crippen LogP contribution in [0.1, 0.15) is 2.85 Å². The minimum absolute atomic E-state index is 0. The van der Waals surface area contributed by atoms with Crippen LogP contribution >= 0.6 is 0 Å². The van der Waals surface area contributed by atoms with Crippen LogP contribution in [0.3, 0.4) is 0 Å². The van der Waals surface area contributed by atoms with E-state index >= 15 is 0 Å². The van der Waals surface area contributed by atoms with E-state index in [-0.39, 0.29) is 98.6 Å². The van der Waals surface area contributed by atoms with Gasteiger partial charge in [0.2, 0.25) is 0 Å². The standard InChI is InChI=1S/GeH4.Mg.H2Se.V.Zn.2H/h1H4;;1H2;;;;/q;+2;;;;2*-1. The molecule has 0 aliphatic rings. The molecule has 0 amide bonds. The molecule has 0 spiro atoms. The van der Waals surface area contributed by atoms with Crippen LogP contribution in [-0.4, -0.2) is 57.7 Å². The molecule has 5 heteroatoms. The van der Waals surface area contributed by atoms with Crippen molar-refractivity contribution >= 4 is 57.7 Å². The molecule has 0 nitrogen and oxygen atoms in total. The minimum atomic E-state index is 0. The summed E-state index contributed by atoms with van der Waals surface area (Å²) >= 11 is 0. The molecule has 27 valence electrons. The molecule has 0 unspecified atom stereocenters. The third-order valence-electron chi connectivity index (χ3n) is 0. The first kappa shape index (κ1) is 43.2. The molecule has 5 heavy (non-hydrogen) atoms. The van der Waals surface area contributed by atoms with Gasteiger partial charge in [0.15, 0.2) is 0 Å². The summed E-state index contributed by atoms with van der Waals surface area (Å²) in [5.74, 6) is 0. The van der Waals surface area contributed by atoms with Crippen molar-refractivity contribution in [1.82, 2.24) is 0 Å². The van der Waals surface area contributed by atoms with Gasteiger partial charge in [0.25, 0.3) is 0 Å². The van der Waals surface area contributed by atoms with Crippen molar-refractivity contribution in [3.63, 3.8) is 0 Å².